The van der Waals surface area contributed by atoms with Gasteiger partial charge in [0, 0.05) is 0 Å². The van der Waals surface area contributed by atoms with Gasteiger partial charge in [0.2, 0.25) is 5.82 Å². The molecule has 1 atom stereocenters. The van der Waals surface area contributed by atoms with Crippen molar-refractivity contribution >= 4 is 11.3 Å². The Balaban J connectivity index is 2.32. The van der Waals surface area contributed by atoms with Crippen LogP contribution >= 0.6 is 11.3 Å². The number of hydrogen-bond acceptors (Lipinski definition) is 6. The smallest absolute Gasteiger partial charge is 0.270 e. The van der Waals surface area contributed by atoms with Crippen LogP contribution in [0, 0.1) is 6.92 Å². The van der Waals surface area contributed by atoms with Crippen molar-refractivity contribution in [1.82, 2.24) is 15.1 Å². The summed E-state index contributed by atoms with van der Waals surface area (Å²) < 4.78 is 5.06. The fourth-order valence-electron chi connectivity index (χ4n) is 1.15. The molecule has 2 rings (SSSR count). The van der Waals surface area contributed by atoms with Gasteiger partial charge in [-0.1, -0.05) is 12.1 Å². The van der Waals surface area contributed by atoms with Crippen molar-refractivity contribution in [2.24, 2.45) is 0 Å². The van der Waals surface area contributed by atoms with Crippen LogP contribution in [0.15, 0.2) is 10.0 Å². The Kier molecular flexibility index (Phi) is 2.79. The van der Waals surface area contributed by atoms with E-state index in [0.29, 0.717) is 18.1 Å². The molecule has 0 spiro atoms. The van der Waals surface area contributed by atoms with Crippen LogP contribution in [0.25, 0.3) is 10.8 Å². The molecule has 2 heterocycles. The summed E-state index contributed by atoms with van der Waals surface area (Å²) in [6.45, 7) is 3.74. The third-order valence-corrected chi connectivity index (χ3v) is 2.98. The van der Waals surface area contributed by atoms with Crippen molar-refractivity contribution < 1.29 is 9.63 Å². The molecule has 6 heteroatoms. The number of aryl methyl sites for hydroxylation is 1. The van der Waals surface area contributed by atoms with E-state index < -0.39 is 6.10 Å². The zero-order valence-corrected chi connectivity index (χ0v) is 9.28. The van der Waals surface area contributed by atoms with E-state index in [-0.39, 0.29) is 0 Å². The number of thiazole rings is 1. The van der Waals surface area contributed by atoms with Gasteiger partial charge in [0.05, 0.1) is 11.2 Å². The second-order valence-corrected chi connectivity index (χ2v) is 4.00. The summed E-state index contributed by atoms with van der Waals surface area (Å²) in [5.41, 5.74) is 2.59. The third kappa shape index (κ3) is 1.91. The molecule has 0 fully saturated rings. The van der Waals surface area contributed by atoms with Crippen molar-refractivity contribution in [3.63, 3.8) is 0 Å². The highest BCUT2D eigenvalue weighted by Gasteiger charge is 2.17. The minimum atomic E-state index is -0.657. The van der Waals surface area contributed by atoms with E-state index >= 15 is 0 Å². The lowest BCUT2D eigenvalue weighted by Gasteiger charge is -1.97. The molecule has 15 heavy (non-hydrogen) atoms. The predicted molar refractivity (Wildman–Crippen MR) is 55.4 cm³/mol. The van der Waals surface area contributed by atoms with Gasteiger partial charge in [0.25, 0.3) is 5.89 Å². The van der Waals surface area contributed by atoms with Crippen LogP contribution in [0.4, 0.5) is 0 Å². The van der Waals surface area contributed by atoms with Crippen LogP contribution in [-0.2, 0) is 0 Å². The second-order valence-electron chi connectivity index (χ2n) is 3.15. The van der Waals surface area contributed by atoms with Crippen molar-refractivity contribution in [3.8, 4) is 10.8 Å². The monoisotopic (exact) mass is 225 g/mol. The van der Waals surface area contributed by atoms with Gasteiger partial charge in [0.15, 0.2) is 0 Å². The molecular weight excluding hydrogens is 214 g/mol. The fraction of sp³-hybridized carbons (Fsp3) is 0.444. The molecule has 2 aromatic rings. The van der Waals surface area contributed by atoms with Crippen LogP contribution in [-0.4, -0.2) is 20.2 Å². The molecule has 0 aliphatic heterocycles. The zero-order chi connectivity index (χ0) is 10.8. The quantitative estimate of drug-likeness (QED) is 0.864. The Hall–Kier alpha value is -1.27. The number of rotatable bonds is 3. The largest absolute Gasteiger partial charge is 0.385 e. The lowest BCUT2D eigenvalue weighted by atomic mass is 10.3. The molecule has 80 valence electrons. The van der Waals surface area contributed by atoms with Gasteiger partial charge in [-0.3, -0.25) is 0 Å². The van der Waals surface area contributed by atoms with E-state index in [1.165, 1.54) is 11.3 Å². The first-order valence-corrected chi connectivity index (χ1v) is 5.52. The fourth-order valence-corrected chi connectivity index (χ4v) is 1.88. The lowest BCUT2D eigenvalue weighted by Crippen LogP contribution is -1.97. The van der Waals surface area contributed by atoms with E-state index in [1.54, 1.807) is 5.51 Å². The van der Waals surface area contributed by atoms with Gasteiger partial charge in [-0.15, -0.1) is 11.3 Å². The van der Waals surface area contributed by atoms with Crippen LogP contribution in [0.1, 0.15) is 31.0 Å². The van der Waals surface area contributed by atoms with Gasteiger partial charge < -0.3 is 9.63 Å². The maximum Gasteiger partial charge on any atom is 0.270 e. The summed E-state index contributed by atoms with van der Waals surface area (Å²) in [5, 5.41) is 13.2. The van der Waals surface area contributed by atoms with E-state index in [9.17, 15) is 5.11 Å². The van der Waals surface area contributed by atoms with Gasteiger partial charge >= 0.3 is 0 Å². The summed E-state index contributed by atoms with van der Waals surface area (Å²) in [4.78, 5) is 9.08. The molecule has 1 N–H and O–H groups in total. The Morgan fingerprint density at radius 2 is 2.40 bits per heavy atom. The first kappa shape index (κ1) is 10.3. The highest BCUT2D eigenvalue weighted by molar-refractivity contribution is 7.13. The maximum atomic E-state index is 9.51. The number of aromatic nitrogens is 3. The molecular formula is C9H11N3O2S. The summed E-state index contributed by atoms with van der Waals surface area (Å²) in [5.74, 6) is 0.762. The molecule has 0 saturated carbocycles. The van der Waals surface area contributed by atoms with Gasteiger partial charge in [-0.25, -0.2) is 4.98 Å². The topological polar surface area (TPSA) is 72.0 Å². The van der Waals surface area contributed by atoms with Crippen molar-refractivity contribution in [2.45, 2.75) is 26.4 Å². The summed E-state index contributed by atoms with van der Waals surface area (Å²) >= 11 is 1.45. The van der Waals surface area contributed by atoms with E-state index in [1.807, 2.05) is 13.8 Å². The standard InChI is InChI=1S/C9H11N3O2S/c1-3-6(13)8-11-9(14-12-8)7-5(2)10-4-15-7/h4,6,13H,3H2,1-2H3. The molecule has 1 unspecified atom stereocenters. The first-order valence-electron chi connectivity index (χ1n) is 4.64. The highest BCUT2D eigenvalue weighted by atomic mass is 32.1. The minimum Gasteiger partial charge on any atom is -0.385 e. The van der Waals surface area contributed by atoms with Crippen molar-refractivity contribution in [1.29, 1.82) is 0 Å². The first-order chi connectivity index (χ1) is 7.22. The van der Waals surface area contributed by atoms with E-state index in [4.69, 9.17) is 4.52 Å². The molecule has 0 aliphatic carbocycles. The Bertz CT molecular complexity index is 452. The average molecular weight is 225 g/mol. The molecule has 2 aromatic heterocycles. The maximum absolute atomic E-state index is 9.51. The van der Waals surface area contributed by atoms with Crippen LogP contribution < -0.4 is 0 Å². The lowest BCUT2D eigenvalue weighted by molar-refractivity contribution is 0.159. The van der Waals surface area contributed by atoms with Crippen molar-refractivity contribution in [3.05, 3.63) is 17.0 Å². The molecule has 0 aliphatic rings. The Morgan fingerprint density at radius 1 is 1.60 bits per heavy atom. The molecule has 0 radical (unpaired) electrons. The summed E-state index contributed by atoms with van der Waals surface area (Å²) in [7, 11) is 0. The van der Waals surface area contributed by atoms with Crippen LogP contribution in [0.3, 0.4) is 0 Å². The molecule has 0 aromatic carbocycles. The summed E-state index contributed by atoms with van der Waals surface area (Å²) in [6, 6.07) is 0. The van der Waals surface area contributed by atoms with Crippen molar-refractivity contribution in [2.75, 3.05) is 0 Å². The molecule has 0 bridgehead atoms. The average Bonchev–Trinajstić information content (AvgIpc) is 2.84. The van der Waals surface area contributed by atoms with E-state index in [2.05, 4.69) is 15.1 Å². The number of aliphatic hydroxyl groups excluding tert-OH is 1. The number of hydrogen-bond donors (Lipinski definition) is 1. The van der Waals surface area contributed by atoms with Gasteiger partial charge in [-0.2, -0.15) is 4.98 Å². The predicted octanol–water partition coefficient (Wildman–Crippen LogP) is 1.94. The van der Waals surface area contributed by atoms with Gasteiger partial charge in [-0.05, 0) is 13.3 Å². The zero-order valence-electron chi connectivity index (χ0n) is 8.47. The second kappa shape index (κ2) is 4.08. The van der Waals surface area contributed by atoms with E-state index in [0.717, 1.165) is 10.6 Å². The third-order valence-electron chi connectivity index (χ3n) is 2.07. The minimum absolute atomic E-state index is 0.334. The molecule has 5 nitrogen and oxygen atoms in total. The Labute approximate surface area is 90.8 Å². The number of nitrogens with zero attached hydrogens (tertiary/aromatic N) is 3. The highest BCUT2D eigenvalue weighted by Crippen LogP contribution is 2.26. The molecule has 0 saturated heterocycles. The Morgan fingerprint density at radius 3 is 3.00 bits per heavy atom. The summed E-state index contributed by atoms with van der Waals surface area (Å²) in [6.07, 6.45) is -0.0866. The van der Waals surface area contributed by atoms with Crippen LogP contribution in [0.5, 0.6) is 0 Å². The normalized spacial score (nSPS) is 13.0. The van der Waals surface area contributed by atoms with Crippen LogP contribution in [0.2, 0.25) is 0 Å². The molecule has 0 amide bonds. The van der Waals surface area contributed by atoms with Gasteiger partial charge in [0.1, 0.15) is 11.0 Å². The number of aliphatic hydroxyl groups is 1. The SMILES string of the molecule is CCC(O)c1noc(-c2scnc2C)n1.